The van der Waals surface area contributed by atoms with Crippen molar-refractivity contribution >= 4 is 22.5 Å². The largest absolute Gasteiger partial charge is 0.491 e. The van der Waals surface area contributed by atoms with Gasteiger partial charge in [0.1, 0.15) is 0 Å². The highest BCUT2D eigenvalue weighted by Gasteiger charge is 2.30. The second-order valence-electron chi connectivity index (χ2n) is 7.25. The Kier molecular flexibility index (Phi) is 4.10. The molecule has 0 saturated carbocycles. The molecule has 5 heteroatoms. The fourth-order valence-corrected chi connectivity index (χ4v) is 4.01. The van der Waals surface area contributed by atoms with Crippen molar-refractivity contribution in [2.75, 3.05) is 7.11 Å². The van der Waals surface area contributed by atoms with Crippen LogP contribution in [0.5, 0.6) is 5.75 Å². The summed E-state index contributed by atoms with van der Waals surface area (Å²) in [5.74, 6) is -0.216. The van der Waals surface area contributed by atoms with Gasteiger partial charge in [-0.15, -0.1) is 0 Å². The minimum Gasteiger partial charge on any atom is -0.491 e. The summed E-state index contributed by atoms with van der Waals surface area (Å²) in [7, 11) is 1.44. The third-order valence-electron chi connectivity index (χ3n) is 5.51. The van der Waals surface area contributed by atoms with Crippen LogP contribution >= 0.6 is 0 Å². The Morgan fingerprint density at radius 1 is 0.733 bits per heavy atom. The zero-order valence-corrected chi connectivity index (χ0v) is 16.2. The molecule has 3 aromatic carbocycles. The van der Waals surface area contributed by atoms with Crippen LogP contribution < -0.4 is 10.3 Å². The SMILES string of the molecule is COc1cc2cc3c(cc2n(Cc2ccccc2)c1=O)C(=O)c1ccccc1C3=O. The molecular weight excluding hydrogens is 378 g/mol. The van der Waals surface area contributed by atoms with E-state index in [1.165, 1.54) is 7.11 Å². The van der Waals surface area contributed by atoms with Gasteiger partial charge in [-0.3, -0.25) is 14.4 Å². The summed E-state index contributed by atoms with van der Waals surface area (Å²) in [6.07, 6.45) is 0. The average Bonchev–Trinajstić information content (AvgIpc) is 2.79. The molecule has 5 rings (SSSR count). The smallest absolute Gasteiger partial charge is 0.293 e. The first kappa shape index (κ1) is 18.1. The van der Waals surface area contributed by atoms with Crippen molar-refractivity contribution in [3.8, 4) is 5.75 Å². The van der Waals surface area contributed by atoms with Gasteiger partial charge >= 0.3 is 0 Å². The van der Waals surface area contributed by atoms with Gasteiger partial charge in [0.2, 0.25) is 0 Å². The minimum absolute atomic E-state index is 0.188. The molecule has 0 radical (unpaired) electrons. The fourth-order valence-electron chi connectivity index (χ4n) is 4.01. The average molecular weight is 395 g/mol. The lowest BCUT2D eigenvalue weighted by atomic mass is 9.83. The molecule has 1 heterocycles. The fraction of sp³-hybridized carbons (Fsp3) is 0.0800. The van der Waals surface area contributed by atoms with E-state index >= 15 is 0 Å². The van der Waals surface area contributed by atoms with Crippen LogP contribution in [0.4, 0.5) is 0 Å². The van der Waals surface area contributed by atoms with E-state index in [-0.39, 0.29) is 22.9 Å². The van der Waals surface area contributed by atoms with E-state index < -0.39 is 0 Å². The summed E-state index contributed by atoms with van der Waals surface area (Å²) in [4.78, 5) is 39.2. The number of nitrogens with zero attached hydrogens (tertiary/aromatic N) is 1. The molecule has 0 amide bonds. The lowest BCUT2D eigenvalue weighted by Gasteiger charge is -2.20. The van der Waals surface area contributed by atoms with E-state index in [0.717, 1.165) is 5.56 Å². The van der Waals surface area contributed by atoms with E-state index in [1.54, 1.807) is 47.0 Å². The van der Waals surface area contributed by atoms with E-state index in [1.807, 2.05) is 30.3 Å². The van der Waals surface area contributed by atoms with E-state index in [9.17, 15) is 14.4 Å². The maximum absolute atomic E-state index is 13.1. The molecule has 1 aromatic heterocycles. The lowest BCUT2D eigenvalue weighted by molar-refractivity contribution is 0.0979. The van der Waals surface area contributed by atoms with Crippen LogP contribution in [0, 0.1) is 0 Å². The summed E-state index contributed by atoms with van der Waals surface area (Å²) in [6.45, 7) is 0.324. The van der Waals surface area contributed by atoms with Crippen molar-refractivity contribution < 1.29 is 14.3 Å². The number of benzene rings is 3. The molecule has 1 aliphatic carbocycles. The van der Waals surface area contributed by atoms with E-state index in [0.29, 0.717) is 39.7 Å². The second kappa shape index (κ2) is 6.81. The molecule has 1 aliphatic rings. The third kappa shape index (κ3) is 2.67. The Balaban J connectivity index is 1.79. The van der Waals surface area contributed by atoms with Gasteiger partial charge in [-0.25, -0.2) is 0 Å². The zero-order chi connectivity index (χ0) is 20.8. The molecular formula is C25H17NO4. The monoisotopic (exact) mass is 395 g/mol. The molecule has 0 aliphatic heterocycles. The van der Waals surface area contributed by atoms with Crippen LogP contribution in [0.15, 0.2) is 77.6 Å². The predicted octanol–water partition coefficient (Wildman–Crippen LogP) is 3.83. The molecule has 0 N–H and O–H groups in total. The van der Waals surface area contributed by atoms with Crippen molar-refractivity contribution in [2.24, 2.45) is 0 Å². The molecule has 0 fully saturated rings. The predicted molar refractivity (Wildman–Crippen MR) is 114 cm³/mol. The van der Waals surface area contributed by atoms with Crippen molar-refractivity contribution in [3.05, 3.63) is 111 Å². The molecule has 5 nitrogen and oxygen atoms in total. The molecule has 0 bridgehead atoms. The van der Waals surface area contributed by atoms with Crippen molar-refractivity contribution in [2.45, 2.75) is 6.54 Å². The van der Waals surface area contributed by atoms with Crippen LogP contribution in [0.2, 0.25) is 0 Å². The Labute approximate surface area is 172 Å². The van der Waals surface area contributed by atoms with Gasteiger partial charge < -0.3 is 9.30 Å². The van der Waals surface area contributed by atoms with Gasteiger partial charge in [-0.05, 0) is 23.8 Å². The van der Waals surface area contributed by atoms with Gasteiger partial charge in [0, 0.05) is 27.6 Å². The summed E-state index contributed by atoms with van der Waals surface area (Å²) in [5.41, 5.74) is 2.70. The Morgan fingerprint density at radius 3 is 1.97 bits per heavy atom. The first-order valence-corrected chi connectivity index (χ1v) is 9.56. The molecule has 0 saturated heterocycles. The van der Waals surface area contributed by atoms with Crippen molar-refractivity contribution in [1.29, 1.82) is 0 Å². The summed E-state index contributed by atoms with van der Waals surface area (Å²) in [5, 5.41) is 0.668. The summed E-state index contributed by atoms with van der Waals surface area (Å²) < 4.78 is 6.88. The normalized spacial score (nSPS) is 12.6. The van der Waals surface area contributed by atoms with Crippen molar-refractivity contribution in [1.82, 2.24) is 4.57 Å². The number of hydrogen-bond acceptors (Lipinski definition) is 4. The standard InChI is InChI=1S/C25H17NO4/c1-30-22-12-16-11-19-20(24(28)18-10-6-5-9-17(18)23(19)27)13-21(16)26(25(22)29)14-15-7-3-2-4-8-15/h2-13H,14H2,1H3. The molecule has 30 heavy (non-hydrogen) atoms. The number of rotatable bonds is 3. The molecule has 0 spiro atoms. The van der Waals surface area contributed by atoms with Gasteiger partial charge in [0.25, 0.3) is 5.56 Å². The number of aromatic nitrogens is 1. The van der Waals surface area contributed by atoms with Gasteiger partial charge in [0.15, 0.2) is 17.3 Å². The summed E-state index contributed by atoms with van der Waals surface area (Å²) in [6, 6.07) is 21.4. The number of pyridine rings is 1. The van der Waals surface area contributed by atoms with Crippen LogP contribution in [-0.4, -0.2) is 23.2 Å². The Morgan fingerprint density at radius 2 is 1.33 bits per heavy atom. The van der Waals surface area contributed by atoms with Crippen LogP contribution in [-0.2, 0) is 6.54 Å². The Hall–Kier alpha value is -3.99. The number of ketones is 2. The number of carbonyl (C=O) groups is 2. The number of carbonyl (C=O) groups excluding carboxylic acids is 2. The third-order valence-corrected chi connectivity index (χ3v) is 5.51. The van der Waals surface area contributed by atoms with Crippen molar-refractivity contribution in [3.63, 3.8) is 0 Å². The highest BCUT2D eigenvalue weighted by Crippen LogP contribution is 2.31. The molecule has 4 aromatic rings. The van der Waals surface area contributed by atoms with Crippen LogP contribution in [0.3, 0.4) is 0 Å². The quantitative estimate of drug-likeness (QED) is 0.466. The van der Waals surface area contributed by atoms with E-state index in [2.05, 4.69) is 0 Å². The molecule has 146 valence electrons. The number of hydrogen-bond donors (Lipinski definition) is 0. The highest BCUT2D eigenvalue weighted by molar-refractivity contribution is 6.29. The van der Waals surface area contributed by atoms with E-state index in [4.69, 9.17) is 4.74 Å². The van der Waals surface area contributed by atoms with Gasteiger partial charge in [-0.1, -0.05) is 54.6 Å². The summed E-state index contributed by atoms with van der Waals surface area (Å²) >= 11 is 0. The lowest BCUT2D eigenvalue weighted by Crippen LogP contribution is -2.25. The highest BCUT2D eigenvalue weighted by atomic mass is 16.5. The number of fused-ring (bicyclic) bond motifs is 3. The molecule has 0 unspecified atom stereocenters. The maximum Gasteiger partial charge on any atom is 0.293 e. The Bertz CT molecular complexity index is 1400. The zero-order valence-electron chi connectivity index (χ0n) is 16.2. The number of ether oxygens (including phenoxy) is 1. The maximum atomic E-state index is 13.1. The van der Waals surface area contributed by atoms with Crippen LogP contribution in [0.1, 0.15) is 37.4 Å². The first-order chi connectivity index (χ1) is 14.6. The second-order valence-corrected chi connectivity index (χ2v) is 7.25. The topological polar surface area (TPSA) is 65.4 Å². The van der Waals surface area contributed by atoms with Gasteiger partial charge in [-0.2, -0.15) is 0 Å². The minimum atomic E-state index is -0.288. The first-order valence-electron chi connectivity index (χ1n) is 9.56. The number of methoxy groups -OCH3 is 1. The van der Waals surface area contributed by atoms with Gasteiger partial charge in [0.05, 0.1) is 19.2 Å². The molecule has 0 atom stereocenters. The van der Waals surface area contributed by atoms with Crippen LogP contribution in [0.25, 0.3) is 10.9 Å².